The first-order valence-electron chi connectivity index (χ1n) is 7.11. The minimum Gasteiger partial charge on any atom is -0.479 e. The van der Waals surface area contributed by atoms with Gasteiger partial charge in [-0.3, -0.25) is 4.79 Å². The second-order valence-electron chi connectivity index (χ2n) is 5.41. The molecule has 3 rings (SSSR count). The Labute approximate surface area is 131 Å². The predicted octanol–water partition coefficient (Wildman–Crippen LogP) is 3.82. The molecule has 1 saturated heterocycles. The number of hydrogen-bond acceptors (Lipinski definition) is 4. The first-order chi connectivity index (χ1) is 10.1. The summed E-state index contributed by atoms with van der Waals surface area (Å²) in [6, 6.07) is 3.89. The van der Waals surface area contributed by atoms with E-state index in [1.165, 1.54) is 11.3 Å². The van der Waals surface area contributed by atoms with E-state index in [9.17, 15) is 14.7 Å². The van der Waals surface area contributed by atoms with E-state index in [2.05, 4.69) is 0 Å². The van der Waals surface area contributed by atoms with Crippen LogP contribution in [0.2, 0.25) is 0 Å². The standard InChI is InChI=1S/C15H17NO3S2/c1-2-5-15(14(18)19)6-3-7-16(15)13(17)12-9-11-10(21-12)4-8-20-11/h4,8-9H,2-3,5-7H2,1H3,(H,18,19). The number of likely N-dealkylation sites (tertiary alicyclic amines) is 1. The van der Waals surface area contributed by atoms with E-state index in [1.807, 2.05) is 24.4 Å². The van der Waals surface area contributed by atoms with Crippen LogP contribution in [0, 0.1) is 0 Å². The van der Waals surface area contributed by atoms with Crippen LogP contribution in [0.15, 0.2) is 17.5 Å². The summed E-state index contributed by atoms with van der Waals surface area (Å²) in [5.74, 6) is -0.995. The van der Waals surface area contributed by atoms with Crippen LogP contribution in [0.1, 0.15) is 42.3 Å². The van der Waals surface area contributed by atoms with Crippen molar-refractivity contribution in [3.63, 3.8) is 0 Å². The molecule has 4 nitrogen and oxygen atoms in total. The van der Waals surface area contributed by atoms with E-state index in [-0.39, 0.29) is 5.91 Å². The zero-order valence-corrected chi connectivity index (χ0v) is 13.4. The van der Waals surface area contributed by atoms with Gasteiger partial charge in [-0.25, -0.2) is 4.79 Å². The van der Waals surface area contributed by atoms with Crippen molar-refractivity contribution in [2.75, 3.05) is 6.54 Å². The Balaban J connectivity index is 1.95. The lowest BCUT2D eigenvalue weighted by Crippen LogP contribution is -2.52. The quantitative estimate of drug-likeness (QED) is 0.930. The predicted molar refractivity (Wildman–Crippen MR) is 85.2 cm³/mol. The summed E-state index contributed by atoms with van der Waals surface area (Å²) >= 11 is 3.06. The molecule has 1 aliphatic heterocycles. The lowest BCUT2D eigenvalue weighted by molar-refractivity contribution is -0.148. The maximum absolute atomic E-state index is 12.8. The molecule has 0 spiro atoms. The fourth-order valence-corrected chi connectivity index (χ4v) is 5.24. The van der Waals surface area contributed by atoms with Gasteiger partial charge >= 0.3 is 5.97 Å². The molecule has 2 aromatic rings. The van der Waals surface area contributed by atoms with E-state index in [1.54, 1.807) is 16.2 Å². The Morgan fingerprint density at radius 1 is 1.43 bits per heavy atom. The zero-order valence-electron chi connectivity index (χ0n) is 11.8. The number of carboxylic acid groups (broad SMARTS) is 1. The smallest absolute Gasteiger partial charge is 0.329 e. The van der Waals surface area contributed by atoms with Crippen LogP contribution in [0.4, 0.5) is 0 Å². The van der Waals surface area contributed by atoms with E-state index in [0.717, 1.165) is 22.2 Å². The van der Waals surface area contributed by atoms with Gasteiger partial charge in [0.25, 0.3) is 5.91 Å². The molecule has 1 N–H and O–H groups in total. The lowest BCUT2D eigenvalue weighted by Gasteiger charge is -2.34. The molecule has 0 aliphatic carbocycles. The minimum atomic E-state index is -1.01. The van der Waals surface area contributed by atoms with Gasteiger partial charge in [-0.2, -0.15) is 0 Å². The van der Waals surface area contributed by atoms with Gasteiger partial charge in [-0.05, 0) is 36.8 Å². The molecule has 112 valence electrons. The Hall–Kier alpha value is -1.40. The summed E-state index contributed by atoms with van der Waals surface area (Å²) in [4.78, 5) is 26.8. The third-order valence-electron chi connectivity index (χ3n) is 4.15. The highest BCUT2D eigenvalue weighted by molar-refractivity contribution is 7.27. The average molecular weight is 323 g/mol. The van der Waals surface area contributed by atoms with Crippen molar-refractivity contribution in [1.82, 2.24) is 4.90 Å². The fourth-order valence-electron chi connectivity index (χ4n) is 3.18. The molecule has 21 heavy (non-hydrogen) atoms. The van der Waals surface area contributed by atoms with Gasteiger partial charge in [0, 0.05) is 15.9 Å². The second-order valence-corrected chi connectivity index (χ2v) is 7.44. The van der Waals surface area contributed by atoms with E-state index in [4.69, 9.17) is 0 Å². The number of rotatable bonds is 4. The third-order valence-corrected chi connectivity index (χ3v) is 6.23. The molecule has 3 heterocycles. The van der Waals surface area contributed by atoms with Gasteiger partial charge in [0.1, 0.15) is 5.54 Å². The molecule has 0 aromatic carbocycles. The second kappa shape index (κ2) is 5.42. The largest absolute Gasteiger partial charge is 0.479 e. The Kier molecular flexibility index (Phi) is 3.75. The van der Waals surface area contributed by atoms with Crippen LogP contribution in [-0.2, 0) is 4.79 Å². The van der Waals surface area contributed by atoms with Crippen LogP contribution >= 0.6 is 22.7 Å². The maximum Gasteiger partial charge on any atom is 0.329 e. The van der Waals surface area contributed by atoms with Crippen molar-refractivity contribution in [2.45, 2.75) is 38.1 Å². The molecule has 1 aliphatic rings. The summed E-state index contributed by atoms with van der Waals surface area (Å²) in [5, 5.41) is 11.7. The first kappa shape index (κ1) is 14.5. The number of carbonyl (C=O) groups is 2. The van der Waals surface area contributed by atoms with Crippen LogP contribution < -0.4 is 0 Å². The van der Waals surface area contributed by atoms with Gasteiger partial charge in [0.15, 0.2) is 0 Å². The van der Waals surface area contributed by atoms with Gasteiger partial charge < -0.3 is 10.0 Å². The normalized spacial score (nSPS) is 22.0. The third kappa shape index (κ3) is 2.26. The number of nitrogens with zero attached hydrogens (tertiary/aromatic N) is 1. The summed E-state index contributed by atoms with van der Waals surface area (Å²) in [7, 11) is 0. The van der Waals surface area contributed by atoms with Crippen LogP contribution in [0.5, 0.6) is 0 Å². The molecule has 2 aromatic heterocycles. The summed E-state index contributed by atoms with van der Waals surface area (Å²) in [6.45, 7) is 2.50. The number of hydrogen-bond donors (Lipinski definition) is 1. The Morgan fingerprint density at radius 3 is 2.90 bits per heavy atom. The van der Waals surface area contributed by atoms with Crippen molar-refractivity contribution in [2.24, 2.45) is 0 Å². The van der Waals surface area contributed by atoms with Crippen LogP contribution in [0.25, 0.3) is 9.40 Å². The fraction of sp³-hybridized carbons (Fsp3) is 0.467. The van der Waals surface area contributed by atoms with Crippen molar-refractivity contribution < 1.29 is 14.7 Å². The van der Waals surface area contributed by atoms with Crippen molar-refractivity contribution in [1.29, 1.82) is 0 Å². The van der Waals surface area contributed by atoms with Gasteiger partial charge in [-0.1, -0.05) is 13.3 Å². The van der Waals surface area contributed by atoms with Crippen LogP contribution in [-0.4, -0.2) is 34.0 Å². The number of thiophene rings is 2. The molecule has 1 fully saturated rings. The van der Waals surface area contributed by atoms with Crippen molar-refractivity contribution in [3.05, 3.63) is 22.4 Å². The summed E-state index contributed by atoms with van der Waals surface area (Å²) in [6.07, 6.45) is 2.60. The highest BCUT2D eigenvalue weighted by Gasteiger charge is 2.49. The SMILES string of the molecule is CCCC1(C(=O)O)CCCN1C(=O)c1cc2sccc2s1. The monoisotopic (exact) mass is 323 g/mol. The molecule has 1 amide bonds. The minimum absolute atomic E-state index is 0.128. The number of amides is 1. The first-order valence-corrected chi connectivity index (χ1v) is 8.80. The Morgan fingerprint density at radius 2 is 2.24 bits per heavy atom. The van der Waals surface area contributed by atoms with E-state index in [0.29, 0.717) is 24.3 Å². The zero-order chi connectivity index (χ0) is 15.0. The lowest BCUT2D eigenvalue weighted by atomic mass is 9.90. The summed E-state index contributed by atoms with van der Waals surface area (Å²) in [5.41, 5.74) is -1.01. The van der Waals surface area contributed by atoms with Gasteiger partial charge in [0.2, 0.25) is 0 Å². The highest BCUT2D eigenvalue weighted by atomic mass is 32.1. The topological polar surface area (TPSA) is 57.6 Å². The Bertz CT molecular complexity index is 661. The molecule has 1 atom stereocenters. The van der Waals surface area contributed by atoms with Crippen molar-refractivity contribution in [3.8, 4) is 0 Å². The molecule has 6 heteroatoms. The van der Waals surface area contributed by atoms with Crippen molar-refractivity contribution >= 4 is 43.9 Å². The molecule has 0 radical (unpaired) electrons. The molecular weight excluding hydrogens is 306 g/mol. The van der Waals surface area contributed by atoms with Gasteiger partial charge in [-0.15, -0.1) is 22.7 Å². The molecule has 0 saturated carbocycles. The van der Waals surface area contributed by atoms with E-state index < -0.39 is 11.5 Å². The van der Waals surface area contributed by atoms with Crippen LogP contribution in [0.3, 0.4) is 0 Å². The number of aliphatic carboxylic acids is 1. The van der Waals surface area contributed by atoms with E-state index >= 15 is 0 Å². The molecule has 0 bridgehead atoms. The number of fused-ring (bicyclic) bond motifs is 1. The number of carbonyl (C=O) groups excluding carboxylic acids is 1. The molecular formula is C15H17NO3S2. The molecule has 1 unspecified atom stereocenters. The summed E-state index contributed by atoms with van der Waals surface area (Å²) < 4.78 is 2.19. The van der Waals surface area contributed by atoms with Gasteiger partial charge in [0.05, 0.1) is 4.88 Å². The average Bonchev–Trinajstić information content (AvgIpc) is 3.11. The highest BCUT2D eigenvalue weighted by Crippen LogP contribution is 2.37. The number of carboxylic acids is 1. The maximum atomic E-state index is 12.8.